The molecule has 0 saturated heterocycles. The van der Waals surface area contributed by atoms with Gasteiger partial charge in [0, 0.05) is 13.2 Å². The maximum Gasteiger partial charge on any atom is 0.335 e. The van der Waals surface area contributed by atoms with Crippen molar-refractivity contribution in [1.29, 1.82) is 0 Å². The summed E-state index contributed by atoms with van der Waals surface area (Å²) < 4.78 is 2.12. The fraction of sp³-hybridized carbons (Fsp3) is 0.500. The monoisotopic (exact) mass is 290 g/mol. The number of aliphatic hydroxyl groups is 1. The predicted molar refractivity (Wildman–Crippen MR) is 81.5 cm³/mol. The molecule has 0 aliphatic rings. The Balaban J connectivity index is 2.36. The minimum Gasteiger partial charge on any atom is -0.478 e. The van der Waals surface area contributed by atoms with Crippen LogP contribution >= 0.6 is 0 Å². The summed E-state index contributed by atoms with van der Waals surface area (Å²) in [5.74, 6) is -0.0583. The second-order valence-electron chi connectivity index (χ2n) is 6.25. The summed E-state index contributed by atoms with van der Waals surface area (Å²) in [6.45, 7) is 7.26. The first kappa shape index (κ1) is 15.5. The number of carbonyl (C=O) groups is 1. The van der Waals surface area contributed by atoms with E-state index in [1.807, 2.05) is 13.0 Å². The van der Waals surface area contributed by atoms with Crippen LogP contribution in [-0.4, -0.2) is 32.3 Å². The zero-order valence-electron chi connectivity index (χ0n) is 12.8. The second-order valence-corrected chi connectivity index (χ2v) is 6.25. The van der Waals surface area contributed by atoms with Gasteiger partial charge in [-0.1, -0.05) is 13.8 Å². The van der Waals surface area contributed by atoms with E-state index in [0.29, 0.717) is 5.52 Å². The number of aromatic carboxylic acids is 1. The van der Waals surface area contributed by atoms with Crippen molar-refractivity contribution in [2.45, 2.75) is 40.2 Å². The quantitative estimate of drug-likeness (QED) is 0.857. The predicted octanol–water partition coefficient (Wildman–Crippen LogP) is 2.84. The molecule has 2 aromatic rings. The molecule has 5 nitrogen and oxygen atoms in total. The summed E-state index contributed by atoms with van der Waals surface area (Å²) in [5.41, 5.74) is 1.97. The van der Waals surface area contributed by atoms with Crippen LogP contribution in [0, 0.1) is 12.3 Å². The van der Waals surface area contributed by atoms with E-state index in [9.17, 15) is 4.79 Å². The molecule has 114 valence electrons. The third-order valence-electron chi connectivity index (χ3n) is 3.78. The van der Waals surface area contributed by atoms with Crippen LogP contribution in [-0.2, 0) is 6.54 Å². The van der Waals surface area contributed by atoms with Gasteiger partial charge in [-0.15, -0.1) is 0 Å². The minimum absolute atomic E-state index is 0.0482. The van der Waals surface area contributed by atoms with Crippen LogP contribution in [0.2, 0.25) is 0 Å². The van der Waals surface area contributed by atoms with Crippen LogP contribution in [0.5, 0.6) is 0 Å². The highest BCUT2D eigenvalue weighted by atomic mass is 16.4. The number of hydrogen-bond donors (Lipinski definition) is 2. The minimum atomic E-state index is -0.938. The molecule has 0 spiro atoms. The van der Waals surface area contributed by atoms with Crippen LogP contribution in [0.25, 0.3) is 11.0 Å². The zero-order chi connectivity index (χ0) is 15.6. The van der Waals surface area contributed by atoms with Crippen molar-refractivity contribution in [1.82, 2.24) is 9.55 Å². The Morgan fingerprint density at radius 1 is 1.38 bits per heavy atom. The van der Waals surface area contributed by atoms with Gasteiger partial charge in [0.2, 0.25) is 0 Å². The largest absolute Gasteiger partial charge is 0.478 e. The van der Waals surface area contributed by atoms with E-state index >= 15 is 0 Å². The number of carboxylic acid groups (broad SMARTS) is 1. The Hall–Kier alpha value is -1.88. The number of aliphatic hydroxyl groups excluding tert-OH is 1. The lowest BCUT2D eigenvalue weighted by Crippen LogP contribution is -2.21. The van der Waals surface area contributed by atoms with E-state index < -0.39 is 5.97 Å². The van der Waals surface area contributed by atoms with Crippen LogP contribution < -0.4 is 0 Å². The summed E-state index contributed by atoms with van der Waals surface area (Å²) >= 11 is 0. The average molecular weight is 290 g/mol. The van der Waals surface area contributed by atoms with Gasteiger partial charge in [-0.05, 0) is 43.4 Å². The number of aryl methyl sites for hydroxylation is 1. The fourth-order valence-electron chi connectivity index (χ4n) is 2.65. The molecule has 0 atom stereocenters. The molecule has 0 unspecified atom stereocenters. The van der Waals surface area contributed by atoms with Gasteiger partial charge in [0.25, 0.3) is 0 Å². The molecule has 1 heterocycles. The van der Waals surface area contributed by atoms with Gasteiger partial charge in [0.1, 0.15) is 5.82 Å². The molecule has 1 aromatic carbocycles. The van der Waals surface area contributed by atoms with Crippen molar-refractivity contribution in [3.8, 4) is 0 Å². The van der Waals surface area contributed by atoms with E-state index in [1.54, 1.807) is 12.1 Å². The van der Waals surface area contributed by atoms with Gasteiger partial charge in [0.05, 0.1) is 16.6 Å². The lowest BCUT2D eigenvalue weighted by molar-refractivity contribution is 0.0697. The van der Waals surface area contributed by atoms with Crippen molar-refractivity contribution >= 4 is 17.0 Å². The number of carboxylic acids is 1. The third-order valence-corrected chi connectivity index (χ3v) is 3.78. The number of fused-ring (bicyclic) bond motifs is 1. The molecule has 0 aliphatic heterocycles. The Labute approximate surface area is 124 Å². The summed E-state index contributed by atoms with van der Waals surface area (Å²) in [5, 5.41) is 18.0. The van der Waals surface area contributed by atoms with Gasteiger partial charge < -0.3 is 14.8 Å². The lowest BCUT2D eigenvalue weighted by Gasteiger charge is -2.26. The highest BCUT2D eigenvalue weighted by Crippen LogP contribution is 2.28. The van der Waals surface area contributed by atoms with Crippen molar-refractivity contribution in [2.24, 2.45) is 5.41 Å². The van der Waals surface area contributed by atoms with E-state index in [0.717, 1.165) is 30.7 Å². The first-order valence-electron chi connectivity index (χ1n) is 7.15. The van der Waals surface area contributed by atoms with E-state index in [1.165, 1.54) is 0 Å². The Bertz CT molecular complexity index is 659. The van der Waals surface area contributed by atoms with Crippen LogP contribution in [0.15, 0.2) is 18.2 Å². The number of imidazole rings is 1. The van der Waals surface area contributed by atoms with Gasteiger partial charge in [0.15, 0.2) is 0 Å². The second kappa shape index (κ2) is 5.85. The fourth-order valence-corrected chi connectivity index (χ4v) is 2.65. The molecule has 0 amide bonds. The molecule has 5 heteroatoms. The Morgan fingerprint density at radius 3 is 2.71 bits per heavy atom. The summed E-state index contributed by atoms with van der Waals surface area (Å²) in [7, 11) is 0. The summed E-state index contributed by atoms with van der Waals surface area (Å²) in [4.78, 5) is 15.5. The first-order valence-corrected chi connectivity index (χ1v) is 7.15. The van der Waals surface area contributed by atoms with Crippen molar-refractivity contribution in [2.75, 3.05) is 6.61 Å². The molecule has 2 rings (SSSR count). The maximum atomic E-state index is 11.0. The molecule has 0 fully saturated rings. The topological polar surface area (TPSA) is 75.3 Å². The zero-order valence-corrected chi connectivity index (χ0v) is 12.8. The van der Waals surface area contributed by atoms with Gasteiger partial charge in [-0.3, -0.25) is 0 Å². The molecule has 2 N–H and O–H groups in total. The number of rotatable bonds is 6. The normalized spacial score (nSPS) is 12.0. The molecule has 0 bridgehead atoms. The molecule has 21 heavy (non-hydrogen) atoms. The first-order chi connectivity index (χ1) is 9.84. The number of aromatic nitrogens is 2. The maximum absolute atomic E-state index is 11.0. The van der Waals surface area contributed by atoms with E-state index in [2.05, 4.69) is 23.4 Å². The highest BCUT2D eigenvalue weighted by Gasteiger charge is 2.21. The molecule has 1 aromatic heterocycles. The summed E-state index contributed by atoms with van der Waals surface area (Å²) in [6, 6.07) is 5.05. The number of nitrogens with zero attached hydrogens (tertiary/aromatic N) is 2. The molecule has 0 radical (unpaired) electrons. The van der Waals surface area contributed by atoms with Crippen LogP contribution in [0.1, 0.15) is 42.9 Å². The van der Waals surface area contributed by atoms with Crippen molar-refractivity contribution in [3.05, 3.63) is 29.6 Å². The standard InChI is InChI=1S/C16H22N2O3/c1-11-17-13-9-12(15(20)21)5-6-14(13)18(11)10-16(2,3)7-4-8-19/h5-6,9,19H,4,7-8,10H2,1-3H3,(H,20,21). The van der Waals surface area contributed by atoms with Crippen molar-refractivity contribution < 1.29 is 15.0 Å². The number of benzene rings is 1. The Kier molecular flexibility index (Phi) is 4.32. The summed E-state index contributed by atoms with van der Waals surface area (Å²) in [6.07, 6.45) is 1.71. The van der Waals surface area contributed by atoms with E-state index in [-0.39, 0.29) is 17.6 Å². The molecule has 0 aliphatic carbocycles. The van der Waals surface area contributed by atoms with Gasteiger partial charge in [-0.2, -0.15) is 0 Å². The lowest BCUT2D eigenvalue weighted by atomic mass is 9.87. The van der Waals surface area contributed by atoms with Crippen LogP contribution in [0.4, 0.5) is 0 Å². The highest BCUT2D eigenvalue weighted by molar-refractivity contribution is 5.92. The molecule has 0 saturated carbocycles. The molecular weight excluding hydrogens is 268 g/mol. The SMILES string of the molecule is Cc1nc2cc(C(=O)O)ccc2n1CC(C)(C)CCCO. The van der Waals surface area contributed by atoms with Crippen LogP contribution in [0.3, 0.4) is 0 Å². The average Bonchev–Trinajstić information content (AvgIpc) is 2.71. The smallest absolute Gasteiger partial charge is 0.335 e. The number of hydrogen-bond acceptors (Lipinski definition) is 3. The van der Waals surface area contributed by atoms with E-state index in [4.69, 9.17) is 10.2 Å². The Morgan fingerprint density at radius 2 is 2.10 bits per heavy atom. The van der Waals surface area contributed by atoms with Gasteiger partial charge >= 0.3 is 5.97 Å². The van der Waals surface area contributed by atoms with Crippen molar-refractivity contribution in [3.63, 3.8) is 0 Å². The van der Waals surface area contributed by atoms with Gasteiger partial charge in [-0.25, -0.2) is 9.78 Å². The molecular formula is C16H22N2O3. The third kappa shape index (κ3) is 3.42.